The van der Waals surface area contributed by atoms with Gasteiger partial charge in [0.25, 0.3) is 0 Å². The fourth-order valence-electron chi connectivity index (χ4n) is 8.85. The third kappa shape index (κ3) is 5.25. The van der Waals surface area contributed by atoms with Crippen molar-refractivity contribution in [3.63, 3.8) is 0 Å². The molecule has 2 aliphatic rings. The van der Waals surface area contributed by atoms with Crippen LogP contribution in [0.2, 0.25) is 0 Å². The number of fused-ring (bicyclic) bond motifs is 9. The summed E-state index contributed by atoms with van der Waals surface area (Å²) in [5, 5.41) is 6.66. The number of thiophene rings is 1. The number of nitrogens with zero attached hydrogens (tertiary/aromatic N) is 3. The molecule has 2 atom stereocenters. The zero-order valence-corrected chi connectivity index (χ0v) is 31.5. The Hall–Kier alpha value is -6.89. The lowest BCUT2D eigenvalue weighted by molar-refractivity contribution is 0.669. The van der Waals surface area contributed by atoms with Gasteiger partial charge in [-0.1, -0.05) is 121 Å². The Bertz CT molecular complexity index is 3390. The highest BCUT2D eigenvalue weighted by molar-refractivity contribution is 7.25. The second-order valence-electron chi connectivity index (χ2n) is 15.0. The maximum absolute atomic E-state index is 6.84. The molecule has 6 aromatic carbocycles. The minimum absolute atomic E-state index is 0.00340. The Morgan fingerprint density at radius 2 is 1.30 bits per heavy atom. The molecule has 6 heteroatoms. The van der Waals surface area contributed by atoms with Crippen LogP contribution in [0, 0.1) is 5.92 Å². The summed E-state index contributed by atoms with van der Waals surface area (Å²) in [5.41, 5.74) is 8.76. The first-order valence-electron chi connectivity index (χ1n) is 19.5. The summed E-state index contributed by atoms with van der Waals surface area (Å²) in [7, 11) is 0. The van der Waals surface area contributed by atoms with E-state index < -0.39 is 0 Å². The number of allylic oxidation sites excluding steroid dienone is 8. The van der Waals surface area contributed by atoms with Crippen LogP contribution in [0.5, 0.6) is 0 Å². The molecule has 0 spiro atoms. The molecule has 0 N–H and O–H groups in total. The van der Waals surface area contributed by atoms with Gasteiger partial charge in [-0.2, -0.15) is 0 Å². The molecule has 12 rings (SSSR count). The van der Waals surface area contributed by atoms with Gasteiger partial charge in [0, 0.05) is 70.2 Å². The molecule has 10 aromatic rings. The van der Waals surface area contributed by atoms with Gasteiger partial charge < -0.3 is 8.83 Å². The summed E-state index contributed by atoms with van der Waals surface area (Å²) >= 11 is 1.83. The first kappa shape index (κ1) is 32.4. The van der Waals surface area contributed by atoms with E-state index in [2.05, 4.69) is 134 Å². The van der Waals surface area contributed by atoms with Gasteiger partial charge in [-0.3, -0.25) is 0 Å². The highest BCUT2D eigenvalue weighted by Crippen LogP contribution is 2.45. The van der Waals surface area contributed by atoms with Gasteiger partial charge in [0.2, 0.25) is 0 Å². The topological polar surface area (TPSA) is 65.0 Å². The maximum Gasteiger partial charge on any atom is 0.164 e. The second kappa shape index (κ2) is 12.8. The Balaban J connectivity index is 1.04. The van der Waals surface area contributed by atoms with E-state index in [1.165, 1.54) is 31.3 Å². The highest BCUT2D eigenvalue weighted by atomic mass is 32.1. The number of para-hydroxylation sites is 2. The largest absolute Gasteiger partial charge is 0.456 e. The number of hydrogen-bond acceptors (Lipinski definition) is 6. The molecule has 57 heavy (non-hydrogen) atoms. The van der Waals surface area contributed by atoms with Crippen molar-refractivity contribution in [3.05, 3.63) is 175 Å². The first-order valence-corrected chi connectivity index (χ1v) is 20.3. The molecule has 0 saturated heterocycles. The quantitative estimate of drug-likeness (QED) is 0.175. The Morgan fingerprint density at radius 1 is 0.526 bits per heavy atom. The molecule has 5 nitrogen and oxygen atoms in total. The number of benzene rings is 6. The van der Waals surface area contributed by atoms with Gasteiger partial charge in [0.1, 0.15) is 28.2 Å². The van der Waals surface area contributed by atoms with Gasteiger partial charge in [-0.05, 0) is 66.4 Å². The van der Waals surface area contributed by atoms with Gasteiger partial charge in [-0.25, -0.2) is 15.0 Å². The van der Waals surface area contributed by atoms with Crippen LogP contribution < -0.4 is 0 Å². The second-order valence-corrected chi connectivity index (χ2v) is 16.0. The van der Waals surface area contributed by atoms with Crippen LogP contribution in [-0.2, 0) is 0 Å². The van der Waals surface area contributed by atoms with E-state index in [1.807, 2.05) is 41.7 Å². The van der Waals surface area contributed by atoms with Crippen molar-refractivity contribution in [3.8, 4) is 33.9 Å². The van der Waals surface area contributed by atoms with E-state index in [4.69, 9.17) is 23.8 Å². The first-order chi connectivity index (χ1) is 28.2. The number of rotatable bonds is 5. The van der Waals surface area contributed by atoms with E-state index in [-0.39, 0.29) is 5.92 Å². The van der Waals surface area contributed by atoms with E-state index in [1.54, 1.807) is 0 Å². The molecule has 0 radical (unpaired) electrons. The molecule has 4 aromatic heterocycles. The van der Waals surface area contributed by atoms with Gasteiger partial charge in [0.05, 0.1) is 0 Å². The average molecular weight is 752 g/mol. The van der Waals surface area contributed by atoms with Crippen LogP contribution in [0.3, 0.4) is 0 Å². The normalized spacial score (nSPS) is 16.9. The minimum Gasteiger partial charge on any atom is -0.456 e. The van der Waals surface area contributed by atoms with Crippen molar-refractivity contribution < 1.29 is 8.83 Å². The summed E-state index contributed by atoms with van der Waals surface area (Å²) in [6.07, 6.45) is 17.5. The molecule has 0 amide bonds. The van der Waals surface area contributed by atoms with E-state index in [0.29, 0.717) is 17.6 Å². The summed E-state index contributed by atoms with van der Waals surface area (Å²) in [4.78, 5) is 15.8. The molecule has 0 aliphatic heterocycles. The van der Waals surface area contributed by atoms with Gasteiger partial charge in [0.15, 0.2) is 11.6 Å². The number of aromatic nitrogens is 3. The summed E-state index contributed by atoms with van der Waals surface area (Å²) in [6.45, 7) is 0. The summed E-state index contributed by atoms with van der Waals surface area (Å²) < 4.78 is 15.6. The van der Waals surface area contributed by atoms with Crippen molar-refractivity contribution >= 4 is 75.4 Å². The standard InChI is InChI=1S/C51H33N3O2S/c1-2-11-30(12-3-1)31-23-25-32(26-24-31)49-52-50(33-27-28-42-40(29-33)34-13-4-6-19-41(34)55-42)54-51(53-49)39-18-9-20-43-46(39)38-17-8-16-36(48(38)56-43)35-15-10-22-45-47(35)37-14-5-7-21-44(37)57-45/h1-11,13-25,27-30,32H,12,26H2. The van der Waals surface area contributed by atoms with E-state index in [0.717, 1.165) is 79.2 Å². The summed E-state index contributed by atoms with van der Waals surface area (Å²) in [6, 6.07) is 42.3. The third-order valence-electron chi connectivity index (χ3n) is 11.6. The van der Waals surface area contributed by atoms with Crippen molar-refractivity contribution in [1.29, 1.82) is 0 Å². The van der Waals surface area contributed by atoms with Crippen LogP contribution in [0.25, 0.3) is 98.0 Å². The predicted octanol–water partition coefficient (Wildman–Crippen LogP) is 14.1. The molecule has 0 fully saturated rings. The van der Waals surface area contributed by atoms with Gasteiger partial charge in [-0.15, -0.1) is 11.3 Å². The van der Waals surface area contributed by atoms with Gasteiger partial charge >= 0.3 is 0 Å². The molecular formula is C51H33N3O2S. The summed E-state index contributed by atoms with van der Waals surface area (Å²) in [5.74, 6) is 2.41. The van der Waals surface area contributed by atoms with E-state index >= 15 is 0 Å². The van der Waals surface area contributed by atoms with Crippen molar-refractivity contribution in [2.24, 2.45) is 5.92 Å². The fourth-order valence-corrected chi connectivity index (χ4v) is 9.98. The Kier molecular flexibility index (Phi) is 7.29. The van der Waals surface area contributed by atoms with Crippen molar-refractivity contribution in [2.75, 3.05) is 0 Å². The lowest BCUT2D eigenvalue weighted by atomic mass is 9.86. The molecule has 2 unspecified atom stereocenters. The zero-order valence-electron chi connectivity index (χ0n) is 30.7. The van der Waals surface area contributed by atoms with Crippen LogP contribution in [0.15, 0.2) is 178 Å². The molecule has 4 heterocycles. The lowest BCUT2D eigenvalue weighted by Crippen LogP contribution is -2.10. The molecule has 2 aliphatic carbocycles. The molecule has 0 saturated carbocycles. The van der Waals surface area contributed by atoms with E-state index in [9.17, 15) is 0 Å². The highest BCUT2D eigenvalue weighted by Gasteiger charge is 2.24. The molecule has 0 bridgehead atoms. The maximum atomic E-state index is 6.84. The minimum atomic E-state index is 0.00340. The van der Waals surface area contributed by atoms with Crippen LogP contribution in [0.4, 0.5) is 0 Å². The van der Waals surface area contributed by atoms with Crippen LogP contribution >= 0.6 is 11.3 Å². The van der Waals surface area contributed by atoms with Crippen LogP contribution in [-0.4, -0.2) is 15.0 Å². The third-order valence-corrected chi connectivity index (χ3v) is 12.7. The van der Waals surface area contributed by atoms with Crippen molar-refractivity contribution in [1.82, 2.24) is 15.0 Å². The van der Waals surface area contributed by atoms with Crippen LogP contribution in [0.1, 0.15) is 24.6 Å². The monoisotopic (exact) mass is 751 g/mol. The zero-order chi connectivity index (χ0) is 37.5. The predicted molar refractivity (Wildman–Crippen MR) is 235 cm³/mol. The van der Waals surface area contributed by atoms with Crippen molar-refractivity contribution in [2.45, 2.75) is 18.8 Å². The smallest absolute Gasteiger partial charge is 0.164 e. The SMILES string of the molecule is C1=CCC(C2=CCC(c3nc(-c4ccc5oc6ccccc6c5c4)nc(-c4cccc5oc6c(-c7cccc8sc9ccccc9c78)cccc6c45)n3)C=C2)C=C1. The lowest BCUT2D eigenvalue weighted by Gasteiger charge is -2.21. The number of furan rings is 2. The molecule has 270 valence electrons. The molecular weight excluding hydrogens is 719 g/mol. The average Bonchev–Trinajstić information content (AvgIpc) is 3.98. The fraction of sp³-hybridized carbons (Fsp3) is 0.0784. The Morgan fingerprint density at radius 3 is 2.21 bits per heavy atom. The number of hydrogen-bond donors (Lipinski definition) is 0. The Labute approximate surface area is 331 Å².